The van der Waals surface area contributed by atoms with Crippen molar-refractivity contribution >= 4 is 11.0 Å². The topological polar surface area (TPSA) is 64.2 Å². The molecule has 2 aromatic heterocycles. The first-order valence-electron chi connectivity index (χ1n) is 13.0. The number of piperidine rings is 1. The van der Waals surface area contributed by atoms with Crippen molar-refractivity contribution in [1.82, 2.24) is 19.6 Å². The van der Waals surface area contributed by atoms with Crippen LogP contribution in [0.5, 0.6) is 0 Å². The van der Waals surface area contributed by atoms with Crippen molar-refractivity contribution < 1.29 is 15.8 Å². The smallest absolute Gasteiger partial charge is 0.256 e. The molecule has 3 aromatic rings. The van der Waals surface area contributed by atoms with Crippen LogP contribution in [0.1, 0.15) is 61.2 Å². The fraction of sp³-hybridized carbons (Fsp3) is 0.522. The van der Waals surface area contributed by atoms with E-state index >= 15 is 0 Å². The Bertz CT molecular complexity index is 1310. The summed E-state index contributed by atoms with van der Waals surface area (Å²) >= 11 is 0. The average Bonchev–Trinajstić information content (AvgIpc) is 3.21. The SMILES string of the molecule is [2H]C([2H])([2H])c1nc2n(c(=O)c1CCN1CCC(c3noc4cc(F)ccc34)CC1)CCCC2([2H])[2H]. The van der Waals surface area contributed by atoms with Gasteiger partial charge in [-0.15, -0.1) is 0 Å². The molecule has 7 heteroatoms. The van der Waals surface area contributed by atoms with E-state index in [0.29, 0.717) is 25.1 Å². The van der Waals surface area contributed by atoms with Crippen molar-refractivity contribution in [1.29, 1.82) is 0 Å². The van der Waals surface area contributed by atoms with Gasteiger partial charge in [-0.1, -0.05) is 5.16 Å². The average molecular weight is 416 g/mol. The van der Waals surface area contributed by atoms with Gasteiger partial charge in [-0.25, -0.2) is 9.37 Å². The molecule has 0 amide bonds. The maximum atomic E-state index is 13.4. The highest BCUT2D eigenvalue weighted by atomic mass is 19.1. The Hall–Kier alpha value is -2.54. The summed E-state index contributed by atoms with van der Waals surface area (Å²) < 4.78 is 60.2. The van der Waals surface area contributed by atoms with Crippen LogP contribution < -0.4 is 5.56 Å². The molecule has 0 spiro atoms. The second-order valence-electron chi connectivity index (χ2n) is 8.07. The second-order valence-corrected chi connectivity index (χ2v) is 8.07. The zero-order chi connectivity index (χ0) is 25.0. The molecule has 2 aliphatic rings. The second kappa shape index (κ2) is 7.95. The molecule has 6 nitrogen and oxygen atoms in total. The number of nitrogens with zero attached hydrogens (tertiary/aromatic N) is 4. The molecular weight excluding hydrogens is 383 g/mol. The first-order chi connectivity index (χ1) is 16.5. The van der Waals surface area contributed by atoms with Crippen LogP contribution in [0.2, 0.25) is 0 Å². The maximum absolute atomic E-state index is 13.4. The van der Waals surface area contributed by atoms with Crippen LogP contribution in [-0.2, 0) is 19.3 Å². The quantitative estimate of drug-likeness (QED) is 0.652. The number of hydrogen-bond donors (Lipinski definition) is 0. The van der Waals surface area contributed by atoms with Gasteiger partial charge in [-0.2, -0.15) is 0 Å². The van der Waals surface area contributed by atoms with Crippen LogP contribution >= 0.6 is 0 Å². The minimum atomic E-state index is -2.60. The highest BCUT2D eigenvalue weighted by molar-refractivity contribution is 5.79. The number of likely N-dealkylation sites (tertiary alicyclic amines) is 1. The fourth-order valence-corrected chi connectivity index (χ4v) is 4.52. The zero-order valence-electron chi connectivity index (χ0n) is 21.7. The highest BCUT2D eigenvalue weighted by Crippen LogP contribution is 2.32. The Morgan fingerprint density at radius 1 is 1.30 bits per heavy atom. The third-order valence-electron chi connectivity index (χ3n) is 6.22. The lowest BCUT2D eigenvalue weighted by Crippen LogP contribution is -2.37. The lowest BCUT2D eigenvalue weighted by Gasteiger charge is -2.31. The van der Waals surface area contributed by atoms with E-state index in [-0.39, 0.29) is 41.7 Å². The molecule has 158 valence electrons. The number of aromatic nitrogens is 3. The molecule has 30 heavy (non-hydrogen) atoms. The summed E-state index contributed by atoms with van der Waals surface area (Å²) in [6, 6.07) is 4.43. The van der Waals surface area contributed by atoms with Crippen molar-refractivity contribution in [3.8, 4) is 0 Å². The van der Waals surface area contributed by atoms with Crippen LogP contribution in [0.4, 0.5) is 4.39 Å². The molecule has 0 saturated carbocycles. The molecule has 4 heterocycles. The van der Waals surface area contributed by atoms with Crippen molar-refractivity contribution in [2.75, 3.05) is 19.6 Å². The third kappa shape index (κ3) is 3.55. The summed E-state index contributed by atoms with van der Waals surface area (Å²) in [4.78, 5) is 19.6. The standard InChI is InChI=1S/C23H27FN4O2/c1-15-18(23(29)28-10-3-2-4-21(28)25-15)9-13-27-11-7-16(8-12-27)22-19-6-5-17(24)14-20(19)30-26-22/h5-6,14,16H,2-4,7-13H2,1H3/i1D3,4D2. The molecule has 0 aliphatic carbocycles. The Morgan fingerprint density at radius 3 is 3.00 bits per heavy atom. The Kier molecular flexibility index (Phi) is 3.83. The lowest BCUT2D eigenvalue weighted by atomic mass is 9.91. The molecular formula is C23H27FN4O2. The third-order valence-corrected chi connectivity index (χ3v) is 6.22. The van der Waals surface area contributed by atoms with Gasteiger partial charge in [0.1, 0.15) is 11.6 Å². The molecule has 2 aliphatic heterocycles. The van der Waals surface area contributed by atoms with Crippen LogP contribution in [-0.4, -0.2) is 39.2 Å². The monoisotopic (exact) mass is 415 g/mol. The van der Waals surface area contributed by atoms with Crippen LogP contribution in [0.25, 0.3) is 11.0 Å². The van der Waals surface area contributed by atoms with E-state index in [9.17, 15) is 9.18 Å². The number of benzene rings is 1. The van der Waals surface area contributed by atoms with Crippen LogP contribution in [0, 0.1) is 12.7 Å². The molecule has 1 saturated heterocycles. The normalized spacial score (nSPS) is 22.6. The highest BCUT2D eigenvalue weighted by Gasteiger charge is 2.25. The number of hydrogen-bond acceptors (Lipinski definition) is 5. The first kappa shape index (κ1) is 14.5. The number of fused-ring (bicyclic) bond motifs is 2. The van der Waals surface area contributed by atoms with Crippen LogP contribution in [0.3, 0.4) is 0 Å². The zero-order valence-corrected chi connectivity index (χ0v) is 16.7. The molecule has 0 unspecified atom stereocenters. The summed E-state index contributed by atoms with van der Waals surface area (Å²) in [5, 5.41) is 5.00. The van der Waals surface area contributed by atoms with Gasteiger partial charge in [0.15, 0.2) is 5.58 Å². The van der Waals surface area contributed by atoms with Gasteiger partial charge >= 0.3 is 0 Å². The van der Waals surface area contributed by atoms with E-state index in [2.05, 4.69) is 15.0 Å². The molecule has 0 radical (unpaired) electrons. The van der Waals surface area contributed by atoms with Gasteiger partial charge in [0, 0.05) is 54.9 Å². The molecule has 0 N–H and O–H groups in total. The van der Waals surface area contributed by atoms with Crippen LogP contribution in [0.15, 0.2) is 27.5 Å². The van der Waals surface area contributed by atoms with E-state index in [4.69, 9.17) is 11.4 Å². The lowest BCUT2D eigenvalue weighted by molar-refractivity contribution is 0.211. The largest absolute Gasteiger partial charge is 0.356 e. The van der Waals surface area contributed by atoms with Crippen molar-refractivity contribution in [2.24, 2.45) is 0 Å². The van der Waals surface area contributed by atoms with E-state index in [1.165, 1.54) is 16.7 Å². The number of halogens is 1. The van der Waals surface area contributed by atoms with Gasteiger partial charge in [0.25, 0.3) is 5.56 Å². The van der Waals surface area contributed by atoms with Crippen molar-refractivity contribution in [3.05, 3.63) is 57.1 Å². The first-order valence-corrected chi connectivity index (χ1v) is 10.5. The van der Waals surface area contributed by atoms with Gasteiger partial charge in [0.05, 0.1) is 5.69 Å². The Balaban J connectivity index is 1.32. The number of aryl methyl sites for hydroxylation is 2. The summed E-state index contributed by atoms with van der Waals surface area (Å²) in [6.07, 6.45) is 0.753. The van der Waals surface area contributed by atoms with E-state index in [1.807, 2.05) is 0 Å². The molecule has 1 aromatic carbocycles. The van der Waals surface area contributed by atoms with Crippen molar-refractivity contribution in [2.45, 2.75) is 57.8 Å². The van der Waals surface area contributed by atoms with E-state index < -0.39 is 18.8 Å². The van der Waals surface area contributed by atoms with E-state index in [0.717, 1.165) is 37.0 Å². The summed E-state index contributed by atoms with van der Waals surface area (Å²) in [6.45, 7) is -0.269. The minimum absolute atomic E-state index is 0.0795. The van der Waals surface area contributed by atoms with Gasteiger partial charge in [-0.3, -0.25) is 9.36 Å². The minimum Gasteiger partial charge on any atom is -0.356 e. The molecule has 5 rings (SSSR count). The molecule has 0 atom stereocenters. The predicted octanol–water partition coefficient (Wildman–Crippen LogP) is 3.59. The predicted molar refractivity (Wildman–Crippen MR) is 112 cm³/mol. The summed E-state index contributed by atoms with van der Waals surface area (Å²) in [5.74, 6) is -0.270. The summed E-state index contributed by atoms with van der Waals surface area (Å²) in [5.41, 5.74) is 0.690. The molecule has 1 fully saturated rings. The van der Waals surface area contributed by atoms with Crippen molar-refractivity contribution in [3.63, 3.8) is 0 Å². The molecule has 0 bridgehead atoms. The Labute approximate surface area is 181 Å². The van der Waals surface area contributed by atoms with Gasteiger partial charge < -0.3 is 9.42 Å². The maximum Gasteiger partial charge on any atom is 0.256 e. The van der Waals surface area contributed by atoms with Gasteiger partial charge in [-0.05, 0) is 64.2 Å². The fourth-order valence-electron chi connectivity index (χ4n) is 4.52. The summed E-state index contributed by atoms with van der Waals surface area (Å²) in [7, 11) is 0. The van der Waals surface area contributed by atoms with Gasteiger partial charge in [0.2, 0.25) is 0 Å². The Morgan fingerprint density at radius 2 is 2.17 bits per heavy atom. The number of rotatable bonds is 4. The van der Waals surface area contributed by atoms with E-state index in [1.54, 1.807) is 6.07 Å².